The Morgan fingerprint density at radius 1 is 1.33 bits per heavy atom. The molecule has 0 radical (unpaired) electrons. The molecule has 0 spiro atoms. The summed E-state index contributed by atoms with van der Waals surface area (Å²) >= 11 is 0. The van der Waals surface area contributed by atoms with E-state index in [4.69, 9.17) is 0 Å². The molecular weight excluding hydrogens is 193 g/mol. The van der Waals surface area contributed by atoms with Crippen molar-refractivity contribution in [3.05, 3.63) is 0 Å². The van der Waals surface area contributed by atoms with Crippen molar-refractivity contribution >= 4 is 6.98 Å². The first kappa shape index (κ1) is 13.5. The topological polar surface area (TPSA) is 3.24 Å². The summed E-state index contributed by atoms with van der Waals surface area (Å²) in [5, 5.41) is 0. The smallest absolute Gasteiger partial charge is 0.448 e. The Labute approximate surface area is 114 Å². The van der Waals surface area contributed by atoms with Crippen molar-refractivity contribution in [3.8, 4) is 0 Å². The third-order valence-corrected chi connectivity index (χ3v) is 1.91. The van der Waals surface area contributed by atoms with Crippen molar-refractivity contribution < 1.29 is 64.3 Å². The van der Waals surface area contributed by atoms with E-state index in [9.17, 15) is 12.9 Å². The predicted octanol–water partition coefficient (Wildman–Crippen LogP) is -1.14. The molecule has 0 unspecified atom stereocenters. The van der Waals surface area contributed by atoms with Gasteiger partial charge in [-0.3, -0.25) is 0 Å². The first-order valence-electron chi connectivity index (χ1n) is 3.98. The number of nitrogens with zero attached hydrogens (tertiary/aromatic N) is 1. The summed E-state index contributed by atoms with van der Waals surface area (Å²) < 4.78 is 35.7. The molecule has 0 heterocycles. The van der Waals surface area contributed by atoms with Gasteiger partial charge in [-0.15, -0.1) is 0 Å². The van der Waals surface area contributed by atoms with Crippen LogP contribution in [0.4, 0.5) is 12.9 Å². The summed E-state index contributed by atoms with van der Waals surface area (Å²) in [6.45, 7) is -2.32. The monoisotopic (exact) mass is 205 g/mol. The second-order valence-electron chi connectivity index (χ2n) is 3.03. The van der Waals surface area contributed by atoms with Crippen LogP contribution >= 0.6 is 0 Å². The minimum absolute atomic E-state index is 0. The van der Waals surface area contributed by atoms with E-state index >= 15 is 0 Å². The molecule has 1 saturated carbocycles. The van der Waals surface area contributed by atoms with Crippen LogP contribution in [0, 0.1) is 0 Å². The van der Waals surface area contributed by atoms with Gasteiger partial charge in [0.05, 0.1) is 0 Å². The molecule has 0 aromatic heterocycles. The van der Waals surface area contributed by atoms with Crippen LogP contribution in [-0.4, -0.2) is 30.9 Å². The molecule has 0 atom stereocenters. The number of rotatable bonds is 4. The van der Waals surface area contributed by atoms with Gasteiger partial charge in [0.15, 0.2) is 0 Å². The Morgan fingerprint density at radius 3 is 2.08 bits per heavy atom. The molecule has 1 rings (SSSR count). The molecule has 6 heteroatoms. The SMILES string of the molecule is CCN(C[B-](F)(F)F)C1CC1.[K+]. The third kappa shape index (κ3) is 5.24. The standard InChI is InChI=1S/C6H12BF3N.K/c1-2-11(6-3-4-6)5-7(8,9)10;/h6H,2-5H2,1H3;/q-1;+1. The van der Waals surface area contributed by atoms with Gasteiger partial charge < -0.3 is 17.8 Å². The number of hydrogen-bond acceptors (Lipinski definition) is 1. The zero-order chi connectivity index (χ0) is 8.48. The summed E-state index contributed by atoms with van der Waals surface area (Å²) in [4.78, 5) is 1.51. The van der Waals surface area contributed by atoms with Gasteiger partial charge in [0.25, 0.3) is 0 Å². The van der Waals surface area contributed by atoms with E-state index in [1.54, 1.807) is 6.92 Å². The van der Waals surface area contributed by atoms with E-state index in [2.05, 4.69) is 0 Å². The van der Waals surface area contributed by atoms with E-state index in [1.165, 1.54) is 4.90 Å². The fraction of sp³-hybridized carbons (Fsp3) is 1.00. The van der Waals surface area contributed by atoms with Crippen molar-refractivity contribution in [1.82, 2.24) is 4.90 Å². The number of halogens is 3. The molecule has 0 saturated heterocycles. The fourth-order valence-electron chi connectivity index (χ4n) is 1.24. The third-order valence-electron chi connectivity index (χ3n) is 1.91. The van der Waals surface area contributed by atoms with Crippen molar-refractivity contribution in [2.75, 3.05) is 13.0 Å². The van der Waals surface area contributed by atoms with E-state index in [1.807, 2.05) is 0 Å². The fourth-order valence-corrected chi connectivity index (χ4v) is 1.24. The molecule has 1 fully saturated rings. The predicted molar refractivity (Wildman–Crippen MR) is 39.3 cm³/mol. The van der Waals surface area contributed by atoms with Crippen molar-refractivity contribution in [2.45, 2.75) is 25.8 Å². The zero-order valence-electron chi connectivity index (χ0n) is 7.56. The van der Waals surface area contributed by atoms with Gasteiger partial charge in [-0.1, -0.05) is 6.92 Å². The van der Waals surface area contributed by atoms with E-state index < -0.39 is 13.4 Å². The van der Waals surface area contributed by atoms with Gasteiger partial charge in [-0.05, 0) is 25.8 Å². The number of hydrogen-bond donors (Lipinski definition) is 0. The minimum Gasteiger partial charge on any atom is -0.448 e. The van der Waals surface area contributed by atoms with E-state index in [0.717, 1.165) is 12.8 Å². The summed E-state index contributed by atoms with van der Waals surface area (Å²) in [5.74, 6) is 0. The van der Waals surface area contributed by atoms with Gasteiger partial charge in [0, 0.05) is 6.04 Å². The summed E-state index contributed by atoms with van der Waals surface area (Å²) in [7, 11) is 0. The molecule has 1 aliphatic carbocycles. The molecule has 0 amide bonds. The van der Waals surface area contributed by atoms with Crippen LogP contribution in [0.5, 0.6) is 0 Å². The van der Waals surface area contributed by atoms with Crippen molar-refractivity contribution in [3.63, 3.8) is 0 Å². The zero-order valence-corrected chi connectivity index (χ0v) is 10.7. The van der Waals surface area contributed by atoms with Crippen molar-refractivity contribution in [2.24, 2.45) is 0 Å². The maximum Gasteiger partial charge on any atom is 1.00 e. The second-order valence-corrected chi connectivity index (χ2v) is 3.03. The molecular formula is C6H12BF3KN. The maximum atomic E-state index is 11.9. The Balaban J connectivity index is 0.00000121. The molecule has 0 aromatic carbocycles. The van der Waals surface area contributed by atoms with Crippen molar-refractivity contribution in [1.29, 1.82) is 0 Å². The largest absolute Gasteiger partial charge is 1.00 e. The van der Waals surface area contributed by atoms with Gasteiger partial charge in [-0.2, -0.15) is 0 Å². The quantitative estimate of drug-likeness (QED) is 0.524. The van der Waals surface area contributed by atoms with Crippen LogP contribution in [-0.2, 0) is 0 Å². The van der Waals surface area contributed by atoms with E-state index in [0.29, 0.717) is 6.54 Å². The van der Waals surface area contributed by atoms with Crippen LogP contribution in [0.3, 0.4) is 0 Å². The maximum absolute atomic E-state index is 11.9. The summed E-state index contributed by atoms with van der Waals surface area (Å²) in [6, 6.07) is 0.225. The minimum atomic E-state index is -4.62. The first-order chi connectivity index (χ1) is 5.03. The normalized spacial score (nSPS) is 17.8. The molecule has 1 aliphatic rings. The summed E-state index contributed by atoms with van der Waals surface area (Å²) in [5.41, 5.74) is 0. The summed E-state index contributed by atoms with van der Waals surface area (Å²) in [6.07, 6.45) is 1.21. The van der Waals surface area contributed by atoms with Crippen LogP contribution < -0.4 is 51.4 Å². The molecule has 0 aromatic rings. The average molecular weight is 205 g/mol. The molecule has 0 bridgehead atoms. The Kier molecular flexibility index (Phi) is 6.01. The molecule has 0 aliphatic heterocycles. The van der Waals surface area contributed by atoms with E-state index in [-0.39, 0.29) is 57.4 Å². The van der Waals surface area contributed by atoms with Crippen LogP contribution in [0.1, 0.15) is 19.8 Å². The molecule has 66 valence electrons. The van der Waals surface area contributed by atoms with Gasteiger partial charge >= 0.3 is 58.4 Å². The first-order valence-corrected chi connectivity index (χ1v) is 3.98. The van der Waals surface area contributed by atoms with Gasteiger partial charge in [-0.25, -0.2) is 0 Å². The Bertz CT molecular complexity index is 137. The van der Waals surface area contributed by atoms with Crippen LogP contribution in [0.25, 0.3) is 0 Å². The van der Waals surface area contributed by atoms with Gasteiger partial charge in [0.1, 0.15) is 0 Å². The molecule has 0 N–H and O–H groups in total. The van der Waals surface area contributed by atoms with Gasteiger partial charge in [0.2, 0.25) is 0 Å². The van der Waals surface area contributed by atoms with Crippen LogP contribution in [0.15, 0.2) is 0 Å². The second kappa shape index (κ2) is 5.36. The molecule has 12 heavy (non-hydrogen) atoms. The Morgan fingerprint density at radius 2 is 1.83 bits per heavy atom. The Hall–Kier alpha value is 1.45. The molecule has 1 nitrogen and oxygen atoms in total. The average Bonchev–Trinajstić information content (AvgIpc) is 2.61. The van der Waals surface area contributed by atoms with Crippen LogP contribution in [0.2, 0.25) is 0 Å².